The molecule has 2 aromatic rings. The maximum Gasteiger partial charge on any atom is 0.135 e. The van der Waals surface area contributed by atoms with E-state index in [1.165, 1.54) is 32.4 Å². The summed E-state index contributed by atoms with van der Waals surface area (Å²) in [7, 11) is 0. The number of benzene rings is 1. The topological polar surface area (TPSA) is 41.3 Å². The Morgan fingerprint density at radius 2 is 1.95 bits per heavy atom. The Morgan fingerprint density at radius 3 is 2.70 bits per heavy atom. The highest BCUT2D eigenvalue weighted by Crippen LogP contribution is 2.21. The van der Waals surface area contributed by atoms with Gasteiger partial charge < -0.3 is 14.6 Å². The highest BCUT2D eigenvalue weighted by molar-refractivity contribution is 6.31. The Labute approximate surface area is 124 Å². The fourth-order valence-corrected chi connectivity index (χ4v) is 3.11. The fourth-order valence-electron chi connectivity index (χ4n) is 2.95. The van der Waals surface area contributed by atoms with Gasteiger partial charge in [-0.1, -0.05) is 18.0 Å². The van der Waals surface area contributed by atoms with Crippen LogP contribution in [0, 0.1) is 0 Å². The Hall–Kier alpha value is -1.10. The lowest BCUT2D eigenvalue weighted by atomic mass is 10.1. The second kappa shape index (κ2) is 6.12. The number of likely N-dealkylation sites (tertiary alicyclic amines) is 1. The van der Waals surface area contributed by atoms with E-state index in [2.05, 4.69) is 14.5 Å². The molecule has 5 heteroatoms. The number of nitrogens with zero attached hydrogens (tertiary/aromatic N) is 3. The number of halogens is 1. The third kappa shape index (κ3) is 2.82. The zero-order valence-electron chi connectivity index (χ0n) is 11.6. The van der Waals surface area contributed by atoms with E-state index >= 15 is 0 Å². The molecule has 3 rings (SSSR count). The molecular weight excluding hydrogens is 274 g/mol. The van der Waals surface area contributed by atoms with E-state index in [0.29, 0.717) is 5.02 Å². The summed E-state index contributed by atoms with van der Waals surface area (Å²) in [5, 5.41) is 10.2. The van der Waals surface area contributed by atoms with Crippen LogP contribution in [0.1, 0.15) is 25.1 Å². The molecule has 0 amide bonds. The van der Waals surface area contributed by atoms with Crippen molar-refractivity contribution in [3.05, 3.63) is 29.0 Å². The average molecular weight is 294 g/mol. The van der Waals surface area contributed by atoms with Gasteiger partial charge in [0.1, 0.15) is 12.4 Å². The second-order valence-corrected chi connectivity index (χ2v) is 5.81. The second-order valence-electron chi connectivity index (χ2n) is 5.37. The monoisotopic (exact) mass is 293 g/mol. The van der Waals surface area contributed by atoms with Crippen LogP contribution in [0.4, 0.5) is 0 Å². The van der Waals surface area contributed by atoms with Gasteiger partial charge in [-0.05, 0) is 44.1 Å². The van der Waals surface area contributed by atoms with Crippen LogP contribution in [0.3, 0.4) is 0 Å². The van der Waals surface area contributed by atoms with Crippen molar-refractivity contribution in [3.8, 4) is 0 Å². The van der Waals surface area contributed by atoms with Crippen molar-refractivity contribution < 1.29 is 5.11 Å². The highest BCUT2D eigenvalue weighted by Gasteiger charge is 2.13. The number of aromatic nitrogens is 2. The van der Waals surface area contributed by atoms with Crippen molar-refractivity contribution >= 4 is 22.6 Å². The summed E-state index contributed by atoms with van der Waals surface area (Å²) in [5.41, 5.74) is 1.91. The minimum atomic E-state index is -0.0354. The maximum absolute atomic E-state index is 9.50. The number of imidazole rings is 1. The Bertz CT molecular complexity index is 590. The smallest absolute Gasteiger partial charge is 0.135 e. The Kier molecular flexibility index (Phi) is 4.24. The molecule has 1 fully saturated rings. The molecule has 2 heterocycles. The van der Waals surface area contributed by atoms with Crippen molar-refractivity contribution in [2.75, 3.05) is 19.6 Å². The molecule has 4 nitrogen and oxygen atoms in total. The van der Waals surface area contributed by atoms with Gasteiger partial charge in [-0.25, -0.2) is 4.98 Å². The quantitative estimate of drug-likeness (QED) is 0.942. The molecule has 0 spiro atoms. The van der Waals surface area contributed by atoms with Gasteiger partial charge in [0.2, 0.25) is 0 Å². The molecule has 0 radical (unpaired) electrons. The Balaban J connectivity index is 1.81. The summed E-state index contributed by atoms with van der Waals surface area (Å²) < 4.78 is 2.11. The molecule has 1 aliphatic rings. The molecular formula is C15H20ClN3O. The molecule has 0 bridgehead atoms. The molecule has 20 heavy (non-hydrogen) atoms. The number of fused-ring (bicyclic) bond motifs is 1. The highest BCUT2D eigenvalue weighted by atomic mass is 35.5. The van der Waals surface area contributed by atoms with Gasteiger partial charge in [0.25, 0.3) is 0 Å². The third-order valence-corrected chi connectivity index (χ3v) is 4.25. The van der Waals surface area contributed by atoms with Gasteiger partial charge in [0, 0.05) is 18.1 Å². The molecule has 0 atom stereocenters. The van der Waals surface area contributed by atoms with Crippen LogP contribution in [0.5, 0.6) is 0 Å². The number of hydrogen-bond acceptors (Lipinski definition) is 3. The van der Waals surface area contributed by atoms with Crippen LogP contribution in [-0.2, 0) is 13.2 Å². The van der Waals surface area contributed by atoms with Crippen molar-refractivity contribution in [2.24, 2.45) is 0 Å². The minimum Gasteiger partial charge on any atom is -0.388 e. The normalized spacial score (nSPS) is 16.9. The lowest BCUT2D eigenvalue weighted by Crippen LogP contribution is -2.32. The SMILES string of the molecule is OCc1nc2cc(Cl)ccc2n1CCN1CCCCC1. The summed E-state index contributed by atoms with van der Waals surface area (Å²) in [6.45, 7) is 4.22. The third-order valence-electron chi connectivity index (χ3n) is 4.02. The van der Waals surface area contributed by atoms with E-state index in [4.69, 9.17) is 11.6 Å². The molecule has 1 aromatic carbocycles. The van der Waals surface area contributed by atoms with Crippen LogP contribution in [0.25, 0.3) is 11.0 Å². The molecule has 0 unspecified atom stereocenters. The average Bonchev–Trinajstić information content (AvgIpc) is 2.83. The van der Waals surface area contributed by atoms with E-state index in [1.54, 1.807) is 0 Å². The largest absolute Gasteiger partial charge is 0.388 e. The van der Waals surface area contributed by atoms with Crippen molar-refractivity contribution in [1.82, 2.24) is 14.5 Å². The molecule has 1 N–H and O–H groups in total. The standard InChI is InChI=1S/C15H20ClN3O/c16-12-4-5-14-13(10-12)17-15(11-20)19(14)9-8-18-6-2-1-3-7-18/h4-5,10,20H,1-3,6-9,11H2. The van der Waals surface area contributed by atoms with Gasteiger partial charge in [0.05, 0.1) is 11.0 Å². The van der Waals surface area contributed by atoms with E-state index in [0.717, 1.165) is 29.9 Å². The van der Waals surface area contributed by atoms with Crippen molar-refractivity contribution in [2.45, 2.75) is 32.4 Å². The summed E-state index contributed by atoms with van der Waals surface area (Å²) in [6.07, 6.45) is 3.95. The number of aliphatic hydroxyl groups is 1. The lowest BCUT2D eigenvalue weighted by molar-refractivity contribution is 0.216. The van der Waals surface area contributed by atoms with Gasteiger partial charge in [-0.15, -0.1) is 0 Å². The molecule has 108 valence electrons. The number of rotatable bonds is 4. The summed E-state index contributed by atoms with van der Waals surface area (Å²) in [4.78, 5) is 6.96. The van der Waals surface area contributed by atoms with Crippen LogP contribution >= 0.6 is 11.6 Å². The first-order valence-electron chi connectivity index (χ1n) is 7.26. The fraction of sp³-hybridized carbons (Fsp3) is 0.533. The summed E-state index contributed by atoms with van der Waals surface area (Å²) in [6, 6.07) is 5.72. The van der Waals surface area contributed by atoms with E-state index < -0.39 is 0 Å². The van der Waals surface area contributed by atoms with Gasteiger partial charge in [0.15, 0.2) is 0 Å². The zero-order valence-corrected chi connectivity index (χ0v) is 12.3. The number of piperidine rings is 1. The lowest BCUT2D eigenvalue weighted by Gasteiger charge is -2.26. The van der Waals surface area contributed by atoms with Gasteiger partial charge in [-0.2, -0.15) is 0 Å². The number of aliphatic hydroxyl groups excluding tert-OH is 1. The van der Waals surface area contributed by atoms with Crippen LogP contribution < -0.4 is 0 Å². The van der Waals surface area contributed by atoms with E-state index in [-0.39, 0.29) is 6.61 Å². The van der Waals surface area contributed by atoms with Gasteiger partial charge in [-0.3, -0.25) is 0 Å². The van der Waals surface area contributed by atoms with Crippen LogP contribution in [-0.4, -0.2) is 39.2 Å². The molecule has 0 aliphatic carbocycles. The molecule has 1 aromatic heterocycles. The van der Waals surface area contributed by atoms with Crippen molar-refractivity contribution in [1.29, 1.82) is 0 Å². The van der Waals surface area contributed by atoms with Gasteiger partial charge >= 0.3 is 0 Å². The first kappa shape index (κ1) is 13.9. The summed E-state index contributed by atoms with van der Waals surface area (Å²) >= 11 is 6.00. The number of hydrogen-bond donors (Lipinski definition) is 1. The maximum atomic E-state index is 9.50. The minimum absolute atomic E-state index is 0.0354. The molecule has 1 saturated heterocycles. The first-order valence-corrected chi connectivity index (χ1v) is 7.63. The molecule has 0 saturated carbocycles. The van der Waals surface area contributed by atoms with Crippen LogP contribution in [0.15, 0.2) is 18.2 Å². The van der Waals surface area contributed by atoms with Crippen molar-refractivity contribution in [3.63, 3.8) is 0 Å². The molecule has 1 aliphatic heterocycles. The summed E-state index contributed by atoms with van der Waals surface area (Å²) in [5.74, 6) is 0.722. The first-order chi connectivity index (χ1) is 9.78. The van der Waals surface area contributed by atoms with Crippen LogP contribution in [0.2, 0.25) is 5.02 Å². The van der Waals surface area contributed by atoms with E-state index in [1.807, 2.05) is 18.2 Å². The predicted molar refractivity (Wildman–Crippen MR) is 81.0 cm³/mol. The van der Waals surface area contributed by atoms with E-state index in [9.17, 15) is 5.11 Å². The Morgan fingerprint density at radius 1 is 1.15 bits per heavy atom. The zero-order chi connectivity index (χ0) is 13.9. The predicted octanol–water partition coefficient (Wildman–Crippen LogP) is 2.67.